The van der Waals surface area contributed by atoms with Crippen LogP contribution in [0.25, 0.3) is 0 Å². The van der Waals surface area contributed by atoms with Crippen molar-refractivity contribution in [3.63, 3.8) is 0 Å². The van der Waals surface area contributed by atoms with E-state index in [9.17, 15) is 8.42 Å². The molecular formula is C22H23N3O5S2. The summed E-state index contributed by atoms with van der Waals surface area (Å²) < 4.78 is 43.7. The molecule has 8 nitrogen and oxygen atoms in total. The molecule has 0 fully saturated rings. The van der Waals surface area contributed by atoms with Crippen molar-refractivity contribution in [2.24, 2.45) is 0 Å². The molecule has 0 spiro atoms. The van der Waals surface area contributed by atoms with E-state index in [2.05, 4.69) is 15.4 Å². The van der Waals surface area contributed by atoms with Gasteiger partial charge in [0.25, 0.3) is 10.0 Å². The average molecular weight is 474 g/mol. The molecule has 0 aliphatic heterocycles. The number of hydrogen-bond acceptors (Lipinski definition) is 6. The lowest BCUT2D eigenvalue weighted by Crippen LogP contribution is -2.19. The van der Waals surface area contributed by atoms with Crippen molar-refractivity contribution in [1.29, 1.82) is 0 Å². The molecule has 0 aliphatic rings. The highest BCUT2D eigenvalue weighted by molar-refractivity contribution is 7.92. The molecule has 0 amide bonds. The molecule has 0 atom stereocenters. The van der Waals surface area contributed by atoms with Gasteiger partial charge in [-0.25, -0.2) is 8.42 Å². The second-order valence-corrected chi connectivity index (χ2v) is 8.57. The number of sulfonamides is 1. The first-order chi connectivity index (χ1) is 15.4. The van der Waals surface area contributed by atoms with Crippen molar-refractivity contribution < 1.29 is 22.6 Å². The molecule has 168 valence electrons. The van der Waals surface area contributed by atoms with Gasteiger partial charge in [0.1, 0.15) is 17.2 Å². The lowest BCUT2D eigenvalue weighted by atomic mass is 10.2. The number of methoxy groups -OCH3 is 3. The van der Waals surface area contributed by atoms with Crippen LogP contribution in [0.1, 0.15) is 0 Å². The zero-order valence-corrected chi connectivity index (χ0v) is 19.3. The Kier molecular flexibility index (Phi) is 7.39. The summed E-state index contributed by atoms with van der Waals surface area (Å²) in [5.41, 5.74) is 1.63. The van der Waals surface area contributed by atoms with Crippen LogP contribution in [0.3, 0.4) is 0 Å². The monoisotopic (exact) mass is 473 g/mol. The highest BCUT2D eigenvalue weighted by atomic mass is 32.2. The Hall–Kier alpha value is -3.50. The van der Waals surface area contributed by atoms with Gasteiger partial charge in [-0.3, -0.25) is 4.72 Å². The molecule has 0 saturated carbocycles. The van der Waals surface area contributed by atoms with Gasteiger partial charge in [-0.2, -0.15) is 0 Å². The molecule has 0 radical (unpaired) electrons. The summed E-state index contributed by atoms with van der Waals surface area (Å²) in [6, 6.07) is 18.3. The van der Waals surface area contributed by atoms with Crippen LogP contribution in [0, 0.1) is 0 Å². The largest absolute Gasteiger partial charge is 0.497 e. The maximum absolute atomic E-state index is 12.7. The Bertz CT molecular complexity index is 1200. The standard InChI is InChI=1S/C22H23N3O5S2/c1-28-16-10-13-18(21(14-16)30-3)24-22(31)23-15-8-11-17(12-9-15)32(26,27)25-19-6-4-5-7-20(19)29-2/h4-14,25H,1-3H3,(H2,23,24,31). The van der Waals surface area contributed by atoms with Gasteiger partial charge in [0.05, 0.1) is 37.6 Å². The van der Waals surface area contributed by atoms with Crippen LogP contribution in [0.4, 0.5) is 17.1 Å². The predicted molar refractivity (Wildman–Crippen MR) is 130 cm³/mol. The third-order valence-corrected chi connectivity index (χ3v) is 6.02. The van der Waals surface area contributed by atoms with Crippen LogP contribution < -0.4 is 29.6 Å². The fourth-order valence-electron chi connectivity index (χ4n) is 2.84. The first-order valence-electron chi connectivity index (χ1n) is 9.42. The molecule has 3 N–H and O–H groups in total. The number of anilines is 3. The summed E-state index contributed by atoms with van der Waals surface area (Å²) >= 11 is 5.35. The molecule has 32 heavy (non-hydrogen) atoms. The normalized spacial score (nSPS) is 10.7. The van der Waals surface area contributed by atoms with Gasteiger partial charge in [0.2, 0.25) is 0 Å². The number of para-hydroxylation sites is 2. The van der Waals surface area contributed by atoms with E-state index in [1.165, 1.54) is 19.2 Å². The summed E-state index contributed by atoms with van der Waals surface area (Å²) in [5.74, 6) is 1.65. The summed E-state index contributed by atoms with van der Waals surface area (Å²) in [6.45, 7) is 0. The Morgan fingerprint density at radius 1 is 0.781 bits per heavy atom. The number of hydrogen-bond donors (Lipinski definition) is 3. The Morgan fingerprint density at radius 3 is 2.12 bits per heavy atom. The molecule has 0 unspecified atom stereocenters. The van der Waals surface area contributed by atoms with Crippen molar-refractivity contribution in [2.75, 3.05) is 36.7 Å². The van der Waals surface area contributed by atoms with E-state index < -0.39 is 10.0 Å². The number of nitrogens with one attached hydrogen (secondary N) is 3. The molecule has 3 rings (SSSR count). The SMILES string of the molecule is COc1ccc(NC(=S)Nc2ccc(S(=O)(=O)Nc3ccccc3OC)cc2)c(OC)c1. The molecule has 10 heteroatoms. The summed E-state index contributed by atoms with van der Waals surface area (Å²) in [7, 11) is 0.812. The van der Waals surface area contributed by atoms with Crippen LogP contribution in [-0.4, -0.2) is 34.9 Å². The number of rotatable bonds is 8. The van der Waals surface area contributed by atoms with E-state index in [1.54, 1.807) is 68.8 Å². The molecule has 0 heterocycles. The molecule has 0 aliphatic carbocycles. The molecule has 3 aromatic rings. The topological polar surface area (TPSA) is 97.9 Å². The van der Waals surface area contributed by atoms with Crippen LogP contribution in [0.15, 0.2) is 71.6 Å². The lowest BCUT2D eigenvalue weighted by molar-refractivity contribution is 0.395. The van der Waals surface area contributed by atoms with Gasteiger partial charge in [0.15, 0.2) is 5.11 Å². The quantitative estimate of drug-likeness (QED) is 0.416. The highest BCUT2D eigenvalue weighted by Gasteiger charge is 2.16. The number of ether oxygens (including phenoxy) is 3. The minimum absolute atomic E-state index is 0.102. The zero-order valence-electron chi connectivity index (χ0n) is 17.7. The van der Waals surface area contributed by atoms with Gasteiger partial charge in [-0.15, -0.1) is 0 Å². The smallest absolute Gasteiger partial charge is 0.262 e. The predicted octanol–water partition coefficient (Wildman–Crippen LogP) is 4.32. The van der Waals surface area contributed by atoms with E-state index in [4.69, 9.17) is 26.4 Å². The fraction of sp³-hybridized carbons (Fsp3) is 0.136. The van der Waals surface area contributed by atoms with Crippen molar-refractivity contribution in [2.45, 2.75) is 4.90 Å². The molecule has 3 aromatic carbocycles. The fourth-order valence-corrected chi connectivity index (χ4v) is 4.13. The maximum atomic E-state index is 12.7. The average Bonchev–Trinajstić information content (AvgIpc) is 2.79. The lowest BCUT2D eigenvalue weighted by Gasteiger charge is -2.15. The minimum Gasteiger partial charge on any atom is -0.497 e. The Labute approximate surface area is 192 Å². The molecule has 0 saturated heterocycles. The van der Waals surface area contributed by atoms with Crippen molar-refractivity contribution in [3.8, 4) is 17.2 Å². The first kappa shape index (κ1) is 23.2. The van der Waals surface area contributed by atoms with E-state index in [-0.39, 0.29) is 4.90 Å². The third-order valence-electron chi connectivity index (χ3n) is 4.43. The van der Waals surface area contributed by atoms with Gasteiger partial charge in [0, 0.05) is 11.8 Å². The van der Waals surface area contributed by atoms with Crippen molar-refractivity contribution in [3.05, 3.63) is 66.7 Å². The van der Waals surface area contributed by atoms with Crippen LogP contribution in [-0.2, 0) is 10.0 Å². The summed E-state index contributed by atoms with van der Waals surface area (Å²) in [5, 5.41) is 6.38. The van der Waals surface area contributed by atoms with E-state index in [0.717, 1.165) is 0 Å². The van der Waals surface area contributed by atoms with Crippen molar-refractivity contribution in [1.82, 2.24) is 0 Å². The summed E-state index contributed by atoms with van der Waals surface area (Å²) in [4.78, 5) is 0.102. The van der Waals surface area contributed by atoms with E-state index in [0.29, 0.717) is 39.4 Å². The van der Waals surface area contributed by atoms with Crippen LogP contribution in [0.2, 0.25) is 0 Å². The first-order valence-corrected chi connectivity index (χ1v) is 11.3. The van der Waals surface area contributed by atoms with Crippen LogP contribution in [0.5, 0.6) is 17.2 Å². The summed E-state index contributed by atoms with van der Waals surface area (Å²) in [6.07, 6.45) is 0. The Morgan fingerprint density at radius 2 is 1.47 bits per heavy atom. The highest BCUT2D eigenvalue weighted by Crippen LogP contribution is 2.29. The van der Waals surface area contributed by atoms with Gasteiger partial charge >= 0.3 is 0 Å². The Balaban J connectivity index is 1.68. The van der Waals surface area contributed by atoms with Gasteiger partial charge in [-0.05, 0) is 60.7 Å². The minimum atomic E-state index is -3.79. The maximum Gasteiger partial charge on any atom is 0.262 e. The van der Waals surface area contributed by atoms with E-state index in [1.807, 2.05) is 0 Å². The molecular weight excluding hydrogens is 450 g/mol. The second kappa shape index (κ2) is 10.2. The molecule has 0 aromatic heterocycles. The second-order valence-electron chi connectivity index (χ2n) is 6.48. The number of benzene rings is 3. The van der Waals surface area contributed by atoms with Gasteiger partial charge < -0.3 is 24.8 Å². The van der Waals surface area contributed by atoms with Crippen molar-refractivity contribution >= 4 is 44.4 Å². The zero-order chi connectivity index (χ0) is 23.1. The van der Waals surface area contributed by atoms with Gasteiger partial charge in [-0.1, -0.05) is 12.1 Å². The number of thiocarbonyl (C=S) groups is 1. The van der Waals surface area contributed by atoms with Crippen LogP contribution >= 0.6 is 12.2 Å². The third kappa shape index (κ3) is 5.59. The van der Waals surface area contributed by atoms with E-state index >= 15 is 0 Å². The molecule has 0 bridgehead atoms.